The quantitative estimate of drug-likeness (QED) is 0.808. The van der Waals surface area contributed by atoms with Gasteiger partial charge in [-0.1, -0.05) is 6.07 Å². The van der Waals surface area contributed by atoms with Gasteiger partial charge in [-0.05, 0) is 37.5 Å². The smallest absolute Gasteiger partial charge is 0.125 e. The molecule has 2 N–H and O–H groups in total. The minimum atomic E-state index is -0.179. The maximum Gasteiger partial charge on any atom is 0.125 e. The van der Waals surface area contributed by atoms with Crippen LogP contribution in [0, 0.1) is 5.82 Å². The molecule has 0 aromatic heterocycles. The number of rotatable bonds is 2. The molecule has 2 rings (SSSR count). The summed E-state index contributed by atoms with van der Waals surface area (Å²) < 4.78 is 13.2. The van der Waals surface area contributed by atoms with E-state index in [0.717, 1.165) is 24.3 Å². The predicted molar refractivity (Wildman–Crippen MR) is 60.4 cm³/mol. The zero-order valence-electron chi connectivity index (χ0n) is 9.04. The summed E-state index contributed by atoms with van der Waals surface area (Å²) in [5.41, 5.74) is 7.90. The summed E-state index contributed by atoms with van der Waals surface area (Å²) in [6.45, 7) is 3.97. The first-order chi connectivity index (χ1) is 7.18. The first kappa shape index (κ1) is 10.4. The summed E-state index contributed by atoms with van der Waals surface area (Å²) in [6.07, 6.45) is 2.38. The molecule has 0 spiro atoms. The minimum Gasteiger partial charge on any atom is -0.371 e. The fourth-order valence-corrected chi connectivity index (χ4v) is 2.13. The first-order valence-corrected chi connectivity index (χ1v) is 5.48. The van der Waals surface area contributed by atoms with Gasteiger partial charge in [0.15, 0.2) is 0 Å². The standard InChI is InChI=1S/C12H17FN2/c1-9(14)11-5-4-10(13)8-12(11)15-6-2-3-7-15/h4-5,8-9H,2-3,6-7,14H2,1H3. The Balaban J connectivity index is 2.37. The lowest BCUT2D eigenvalue weighted by molar-refractivity contribution is 0.625. The molecule has 0 amide bonds. The van der Waals surface area contributed by atoms with Crippen molar-refractivity contribution in [2.24, 2.45) is 5.73 Å². The Kier molecular flexibility index (Phi) is 2.91. The monoisotopic (exact) mass is 208 g/mol. The highest BCUT2D eigenvalue weighted by Gasteiger charge is 2.17. The van der Waals surface area contributed by atoms with Gasteiger partial charge in [0.05, 0.1) is 0 Å². The van der Waals surface area contributed by atoms with E-state index in [1.807, 2.05) is 6.92 Å². The van der Waals surface area contributed by atoms with Crippen LogP contribution in [0.2, 0.25) is 0 Å². The molecule has 0 radical (unpaired) electrons. The number of hydrogen-bond acceptors (Lipinski definition) is 2. The maximum atomic E-state index is 13.2. The van der Waals surface area contributed by atoms with Gasteiger partial charge < -0.3 is 10.6 Å². The molecule has 1 aromatic rings. The van der Waals surface area contributed by atoms with E-state index in [2.05, 4.69) is 4.90 Å². The van der Waals surface area contributed by atoms with Crippen molar-refractivity contribution in [3.8, 4) is 0 Å². The molecule has 1 heterocycles. The van der Waals surface area contributed by atoms with Gasteiger partial charge in [0.25, 0.3) is 0 Å². The highest BCUT2D eigenvalue weighted by Crippen LogP contribution is 2.28. The molecule has 3 heteroatoms. The van der Waals surface area contributed by atoms with E-state index in [1.165, 1.54) is 18.9 Å². The number of hydrogen-bond donors (Lipinski definition) is 1. The number of benzene rings is 1. The molecule has 1 aliphatic rings. The van der Waals surface area contributed by atoms with Crippen LogP contribution in [0.25, 0.3) is 0 Å². The second-order valence-corrected chi connectivity index (χ2v) is 4.19. The highest BCUT2D eigenvalue weighted by molar-refractivity contribution is 5.55. The summed E-state index contributed by atoms with van der Waals surface area (Å²) in [4.78, 5) is 2.22. The summed E-state index contributed by atoms with van der Waals surface area (Å²) in [5, 5.41) is 0. The molecule has 0 saturated carbocycles. The van der Waals surface area contributed by atoms with Crippen molar-refractivity contribution in [3.63, 3.8) is 0 Å². The SMILES string of the molecule is CC(N)c1ccc(F)cc1N1CCCC1. The summed E-state index contributed by atoms with van der Waals surface area (Å²) in [6, 6.07) is 4.84. The average molecular weight is 208 g/mol. The Morgan fingerprint density at radius 2 is 2.00 bits per heavy atom. The van der Waals surface area contributed by atoms with E-state index in [-0.39, 0.29) is 11.9 Å². The topological polar surface area (TPSA) is 29.3 Å². The number of halogens is 1. The Morgan fingerprint density at radius 1 is 1.33 bits per heavy atom. The minimum absolute atomic E-state index is 0.0406. The molecule has 82 valence electrons. The molecule has 15 heavy (non-hydrogen) atoms. The normalized spacial score (nSPS) is 18.2. The molecule has 1 unspecified atom stereocenters. The molecule has 0 aliphatic carbocycles. The molecule has 0 bridgehead atoms. The third-order valence-electron chi connectivity index (χ3n) is 2.93. The summed E-state index contributed by atoms with van der Waals surface area (Å²) >= 11 is 0. The van der Waals surface area contributed by atoms with E-state index in [9.17, 15) is 4.39 Å². The average Bonchev–Trinajstić information content (AvgIpc) is 2.69. The number of nitrogens with two attached hydrogens (primary N) is 1. The molecule has 1 saturated heterocycles. The van der Waals surface area contributed by atoms with Crippen molar-refractivity contribution < 1.29 is 4.39 Å². The van der Waals surface area contributed by atoms with Crippen molar-refractivity contribution in [3.05, 3.63) is 29.6 Å². The van der Waals surface area contributed by atoms with Gasteiger partial charge in [-0.25, -0.2) is 4.39 Å². The van der Waals surface area contributed by atoms with Crippen LogP contribution < -0.4 is 10.6 Å². The fraction of sp³-hybridized carbons (Fsp3) is 0.500. The lowest BCUT2D eigenvalue weighted by Crippen LogP contribution is -2.21. The molecule has 2 nitrogen and oxygen atoms in total. The third kappa shape index (κ3) is 2.12. The van der Waals surface area contributed by atoms with Crippen LogP contribution in [0.15, 0.2) is 18.2 Å². The predicted octanol–water partition coefficient (Wildman–Crippen LogP) is 2.45. The van der Waals surface area contributed by atoms with Gasteiger partial charge in [0.1, 0.15) is 5.82 Å². The van der Waals surface area contributed by atoms with Crippen LogP contribution in [-0.2, 0) is 0 Å². The van der Waals surface area contributed by atoms with Gasteiger partial charge >= 0.3 is 0 Å². The van der Waals surface area contributed by atoms with Gasteiger partial charge in [0.2, 0.25) is 0 Å². The van der Waals surface area contributed by atoms with Gasteiger partial charge in [0, 0.05) is 24.8 Å². The zero-order chi connectivity index (χ0) is 10.8. The Morgan fingerprint density at radius 3 is 2.60 bits per heavy atom. The second kappa shape index (κ2) is 4.19. The Hall–Kier alpha value is -1.09. The zero-order valence-corrected chi connectivity index (χ0v) is 9.04. The van der Waals surface area contributed by atoms with E-state index >= 15 is 0 Å². The van der Waals surface area contributed by atoms with Crippen LogP contribution >= 0.6 is 0 Å². The van der Waals surface area contributed by atoms with Crippen LogP contribution in [-0.4, -0.2) is 13.1 Å². The van der Waals surface area contributed by atoms with Crippen molar-refractivity contribution in [2.45, 2.75) is 25.8 Å². The van der Waals surface area contributed by atoms with Gasteiger partial charge in [-0.3, -0.25) is 0 Å². The Bertz CT molecular complexity index is 343. The van der Waals surface area contributed by atoms with E-state index < -0.39 is 0 Å². The van der Waals surface area contributed by atoms with E-state index in [4.69, 9.17) is 5.73 Å². The van der Waals surface area contributed by atoms with Crippen LogP contribution in [0.4, 0.5) is 10.1 Å². The van der Waals surface area contributed by atoms with E-state index in [1.54, 1.807) is 12.1 Å². The van der Waals surface area contributed by atoms with Gasteiger partial charge in [-0.2, -0.15) is 0 Å². The van der Waals surface area contributed by atoms with Gasteiger partial charge in [-0.15, -0.1) is 0 Å². The maximum absolute atomic E-state index is 13.2. The molecule has 1 aliphatic heterocycles. The summed E-state index contributed by atoms with van der Waals surface area (Å²) in [7, 11) is 0. The van der Waals surface area contributed by atoms with E-state index in [0.29, 0.717) is 0 Å². The van der Waals surface area contributed by atoms with Crippen LogP contribution in [0.1, 0.15) is 31.4 Å². The highest BCUT2D eigenvalue weighted by atomic mass is 19.1. The lowest BCUT2D eigenvalue weighted by atomic mass is 10.1. The van der Waals surface area contributed by atoms with Crippen molar-refractivity contribution in [2.75, 3.05) is 18.0 Å². The molecule has 1 aromatic carbocycles. The molecular weight excluding hydrogens is 191 g/mol. The van der Waals surface area contributed by atoms with Crippen molar-refractivity contribution in [1.29, 1.82) is 0 Å². The van der Waals surface area contributed by atoms with Crippen molar-refractivity contribution >= 4 is 5.69 Å². The molecule has 1 fully saturated rings. The number of nitrogens with zero attached hydrogens (tertiary/aromatic N) is 1. The summed E-state index contributed by atoms with van der Waals surface area (Å²) in [5.74, 6) is -0.179. The lowest BCUT2D eigenvalue weighted by Gasteiger charge is -2.23. The van der Waals surface area contributed by atoms with Crippen LogP contribution in [0.5, 0.6) is 0 Å². The largest absolute Gasteiger partial charge is 0.371 e. The molecular formula is C12H17FN2. The molecule has 1 atom stereocenters. The Labute approximate surface area is 89.9 Å². The third-order valence-corrected chi connectivity index (χ3v) is 2.93. The first-order valence-electron chi connectivity index (χ1n) is 5.48. The van der Waals surface area contributed by atoms with Crippen LogP contribution in [0.3, 0.4) is 0 Å². The second-order valence-electron chi connectivity index (χ2n) is 4.19. The number of anilines is 1. The fourth-order valence-electron chi connectivity index (χ4n) is 2.13. The van der Waals surface area contributed by atoms with Crippen molar-refractivity contribution in [1.82, 2.24) is 0 Å².